The summed E-state index contributed by atoms with van der Waals surface area (Å²) in [6.45, 7) is 0.537. The Kier molecular flexibility index (Phi) is 5.39. The molecule has 30 heavy (non-hydrogen) atoms. The van der Waals surface area contributed by atoms with Crippen molar-refractivity contribution in [2.24, 2.45) is 0 Å². The molecule has 7 nitrogen and oxygen atoms in total. The van der Waals surface area contributed by atoms with Crippen molar-refractivity contribution in [2.45, 2.75) is 17.5 Å². The fourth-order valence-electron chi connectivity index (χ4n) is 2.86. The quantitative estimate of drug-likeness (QED) is 0.293. The van der Waals surface area contributed by atoms with Gasteiger partial charge in [-0.2, -0.15) is 4.98 Å². The lowest BCUT2D eigenvalue weighted by Gasteiger charge is -2.07. The molecule has 150 valence electrons. The summed E-state index contributed by atoms with van der Waals surface area (Å²) in [5.74, 6) is 3.13. The van der Waals surface area contributed by atoms with Crippen molar-refractivity contribution >= 4 is 34.7 Å². The highest BCUT2D eigenvalue weighted by Crippen LogP contribution is 2.30. The van der Waals surface area contributed by atoms with Crippen molar-refractivity contribution in [1.29, 1.82) is 0 Å². The molecule has 0 unspecified atom stereocenters. The molecular formula is C20H14ClN5O2S2. The molecule has 4 heterocycles. The molecule has 0 aliphatic carbocycles. The first-order valence-electron chi connectivity index (χ1n) is 8.97. The average molecular weight is 456 g/mol. The van der Waals surface area contributed by atoms with Crippen molar-refractivity contribution in [3.63, 3.8) is 0 Å². The highest BCUT2D eigenvalue weighted by molar-refractivity contribution is 7.98. The number of hydrogen-bond acceptors (Lipinski definition) is 8. The zero-order valence-corrected chi connectivity index (χ0v) is 17.8. The average Bonchev–Trinajstić information content (AvgIpc) is 3.54. The van der Waals surface area contributed by atoms with Crippen molar-refractivity contribution in [3.05, 3.63) is 76.8 Å². The lowest BCUT2D eigenvalue weighted by molar-refractivity contribution is 0.425. The zero-order valence-electron chi connectivity index (χ0n) is 15.4. The molecule has 0 aliphatic heterocycles. The number of thiophene rings is 1. The molecule has 0 bridgehead atoms. The van der Waals surface area contributed by atoms with Gasteiger partial charge in [0.2, 0.25) is 0 Å². The summed E-state index contributed by atoms with van der Waals surface area (Å²) in [4.78, 5) is 5.51. The van der Waals surface area contributed by atoms with E-state index >= 15 is 0 Å². The van der Waals surface area contributed by atoms with Crippen LogP contribution in [0.1, 0.15) is 11.6 Å². The molecule has 0 N–H and O–H groups in total. The first kappa shape index (κ1) is 19.1. The van der Waals surface area contributed by atoms with Crippen molar-refractivity contribution in [3.8, 4) is 22.2 Å². The Balaban J connectivity index is 1.37. The van der Waals surface area contributed by atoms with Crippen molar-refractivity contribution in [1.82, 2.24) is 24.9 Å². The topological polar surface area (TPSA) is 82.8 Å². The minimum Gasteiger partial charge on any atom is -0.467 e. The fraction of sp³-hybridized carbons (Fsp3) is 0.100. The molecule has 0 aliphatic rings. The maximum Gasteiger partial charge on any atom is 0.258 e. The van der Waals surface area contributed by atoms with Crippen LogP contribution in [0.4, 0.5) is 0 Å². The Morgan fingerprint density at radius 3 is 2.87 bits per heavy atom. The number of benzene rings is 1. The monoisotopic (exact) mass is 455 g/mol. The Bertz CT molecular complexity index is 1250. The molecule has 0 fully saturated rings. The molecule has 0 radical (unpaired) electrons. The van der Waals surface area contributed by atoms with Crippen molar-refractivity contribution < 1.29 is 8.94 Å². The minimum atomic E-state index is 0.435. The fourth-order valence-corrected chi connectivity index (χ4v) is 4.55. The van der Waals surface area contributed by atoms with Gasteiger partial charge in [-0.1, -0.05) is 40.7 Å². The van der Waals surface area contributed by atoms with Gasteiger partial charge in [0, 0.05) is 10.6 Å². The normalized spacial score (nSPS) is 11.2. The van der Waals surface area contributed by atoms with E-state index in [1.165, 1.54) is 11.8 Å². The number of halogens is 1. The van der Waals surface area contributed by atoms with Crippen LogP contribution >= 0.6 is 34.7 Å². The summed E-state index contributed by atoms with van der Waals surface area (Å²) in [5, 5.41) is 16.2. The second-order valence-corrected chi connectivity index (χ2v) is 8.59. The largest absolute Gasteiger partial charge is 0.467 e. The third kappa shape index (κ3) is 4.04. The summed E-state index contributed by atoms with van der Waals surface area (Å²) in [6.07, 6.45) is 1.66. The number of rotatable bonds is 7. The van der Waals surface area contributed by atoms with E-state index in [0.717, 1.165) is 27.2 Å². The number of thioether (sulfide) groups is 1. The second kappa shape index (κ2) is 8.47. The summed E-state index contributed by atoms with van der Waals surface area (Å²) in [5.41, 5.74) is 0.784. The molecule has 0 spiro atoms. The first-order chi connectivity index (χ1) is 14.8. The van der Waals surface area contributed by atoms with Crippen LogP contribution in [-0.4, -0.2) is 24.9 Å². The molecule has 5 rings (SSSR count). The van der Waals surface area contributed by atoms with E-state index in [4.69, 9.17) is 20.5 Å². The van der Waals surface area contributed by atoms with E-state index in [1.54, 1.807) is 29.7 Å². The maximum absolute atomic E-state index is 6.04. The standard InChI is InChI=1S/C20H14ClN5O2S2/c21-14-5-1-4-13(10-14)19-22-17(25-28-19)12-30-20-24-23-18(16-7-3-9-29-16)26(20)11-15-6-2-8-27-15/h1-10H,11-12H2. The molecule has 5 aromatic rings. The second-order valence-electron chi connectivity index (χ2n) is 6.26. The van der Waals surface area contributed by atoms with Gasteiger partial charge in [0.1, 0.15) is 5.76 Å². The van der Waals surface area contributed by atoms with E-state index in [-0.39, 0.29) is 0 Å². The van der Waals surface area contributed by atoms with Crippen LogP contribution < -0.4 is 0 Å². The van der Waals surface area contributed by atoms with Gasteiger partial charge in [0.25, 0.3) is 5.89 Å². The number of furan rings is 1. The molecule has 0 atom stereocenters. The van der Waals surface area contributed by atoms with Crippen LogP contribution in [-0.2, 0) is 12.3 Å². The summed E-state index contributed by atoms with van der Waals surface area (Å²) >= 11 is 9.16. The number of nitrogens with zero attached hydrogens (tertiary/aromatic N) is 5. The summed E-state index contributed by atoms with van der Waals surface area (Å²) in [6, 6.07) is 15.1. The van der Waals surface area contributed by atoms with E-state index < -0.39 is 0 Å². The van der Waals surface area contributed by atoms with Crippen LogP contribution in [0.3, 0.4) is 0 Å². The van der Waals surface area contributed by atoms with Gasteiger partial charge < -0.3 is 8.94 Å². The highest BCUT2D eigenvalue weighted by atomic mass is 35.5. The van der Waals surface area contributed by atoms with Gasteiger partial charge in [-0.3, -0.25) is 4.57 Å². The zero-order chi connectivity index (χ0) is 20.3. The Labute approximate surface area is 184 Å². The van der Waals surface area contributed by atoms with E-state index in [0.29, 0.717) is 29.0 Å². The predicted molar refractivity (Wildman–Crippen MR) is 115 cm³/mol. The molecule has 4 aromatic heterocycles. The van der Waals surface area contributed by atoms with E-state index in [2.05, 4.69) is 20.3 Å². The van der Waals surface area contributed by atoms with Gasteiger partial charge in [0.15, 0.2) is 16.8 Å². The van der Waals surface area contributed by atoms with Gasteiger partial charge in [0.05, 0.1) is 23.4 Å². The van der Waals surface area contributed by atoms with Crippen LogP contribution in [0.15, 0.2) is 74.3 Å². The predicted octanol–water partition coefficient (Wildman–Crippen LogP) is 5.64. The smallest absolute Gasteiger partial charge is 0.258 e. The SMILES string of the molecule is Clc1cccc(-c2nc(CSc3nnc(-c4cccs4)n3Cc3ccco3)no2)c1. The van der Waals surface area contributed by atoms with E-state index in [9.17, 15) is 0 Å². The Morgan fingerprint density at radius 2 is 2.07 bits per heavy atom. The molecule has 1 aromatic carbocycles. The third-order valence-corrected chi connectivity index (χ3v) is 6.29. The Hall–Kier alpha value is -2.88. The summed E-state index contributed by atoms with van der Waals surface area (Å²) < 4.78 is 12.9. The number of hydrogen-bond donors (Lipinski definition) is 0. The minimum absolute atomic E-state index is 0.435. The molecule has 0 saturated carbocycles. The lowest BCUT2D eigenvalue weighted by Crippen LogP contribution is -2.03. The molecular weight excluding hydrogens is 442 g/mol. The van der Waals surface area contributed by atoms with Gasteiger partial charge in [-0.25, -0.2) is 0 Å². The third-order valence-electron chi connectivity index (χ3n) is 4.22. The van der Waals surface area contributed by atoms with Gasteiger partial charge in [-0.15, -0.1) is 21.5 Å². The molecule has 0 saturated heterocycles. The number of aromatic nitrogens is 5. The maximum atomic E-state index is 6.04. The van der Waals surface area contributed by atoms with Crippen LogP contribution in [0.25, 0.3) is 22.2 Å². The summed E-state index contributed by atoms with van der Waals surface area (Å²) in [7, 11) is 0. The lowest BCUT2D eigenvalue weighted by atomic mass is 10.2. The van der Waals surface area contributed by atoms with Gasteiger partial charge >= 0.3 is 0 Å². The Morgan fingerprint density at radius 1 is 1.10 bits per heavy atom. The molecule has 10 heteroatoms. The van der Waals surface area contributed by atoms with E-state index in [1.807, 2.05) is 46.3 Å². The van der Waals surface area contributed by atoms with Gasteiger partial charge in [-0.05, 0) is 41.8 Å². The highest BCUT2D eigenvalue weighted by Gasteiger charge is 2.18. The van der Waals surface area contributed by atoms with Crippen LogP contribution in [0.5, 0.6) is 0 Å². The van der Waals surface area contributed by atoms with Crippen molar-refractivity contribution in [2.75, 3.05) is 0 Å². The first-order valence-corrected chi connectivity index (χ1v) is 11.2. The molecule has 0 amide bonds. The van der Waals surface area contributed by atoms with Crippen LogP contribution in [0, 0.1) is 0 Å². The van der Waals surface area contributed by atoms with Crippen LogP contribution in [0.2, 0.25) is 5.02 Å².